The molecule has 0 N–H and O–H groups in total. The van der Waals surface area contributed by atoms with Crippen molar-refractivity contribution in [2.24, 2.45) is 0 Å². The molecular weight excluding hydrogens is 461 g/mol. The number of rotatable bonds is 7. The van der Waals surface area contributed by atoms with E-state index in [9.17, 15) is 30.4 Å². The summed E-state index contributed by atoms with van der Waals surface area (Å²) < 4.78 is 96.5. The molecule has 0 aromatic carbocycles. The van der Waals surface area contributed by atoms with E-state index in [0.717, 1.165) is 46.6 Å². The second-order valence-corrected chi connectivity index (χ2v) is 8.58. The highest BCUT2D eigenvalue weighted by molar-refractivity contribution is 7.92. The van der Waals surface area contributed by atoms with E-state index in [0.29, 0.717) is 0 Å². The number of alkyl halides is 5. The molecule has 0 aliphatic rings. The third-order valence-corrected chi connectivity index (χ3v) is 5.43. The third-order valence-electron chi connectivity index (χ3n) is 3.32. The normalized spacial score (nSPS) is 12.4. The Balaban J connectivity index is 1.86. The number of aromatic nitrogens is 4. The molecule has 0 aliphatic carbocycles. The average molecular weight is 471 g/mol. The molecule has 0 spiro atoms. The largest absolute Gasteiger partial charge is 0.470 e. The summed E-state index contributed by atoms with van der Waals surface area (Å²) in [5.41, 5.74) is -0.0791. The highest BCUT2D eigenvalue weighted by atomic mass is 32.2. The molecule has 16 heteroatoms. The van der Waals surface area contributed by atoms with Crippen molar-refractivity contribution in [3.8, 4) is 16.5 Å². The number of pyridine rings is 1. The molecule has 9 nitrogen and oxygen atoms in total. The van der Waals surface area contributed by atoms with Crippen molar-refractivity contribution in [3.63, 3.8) is 0 Å². The monoisotopic (exact) mass is 471 g/mol. The summed E-state index contributed by atoms with van der Waals surface area (Å²) in [7, 11) is -3.92. The Morgan fingerprint density at radius 3 is 2.57 bits per heavy atom. The zero-order valence-corrected chi connectivity index (χ0v) is 16.3. The summed E-state index contributed by atoms with van der Waals surface area (Å²) >= 11 is 0.811. The molecule has 0 radical (unpaired) electrons. The zero-order valence-electron chi connectivity index (χ0n) is 14.7. The predicted octanol–water partition coefficient (Wildman–Crippen LogP) is 3.17. The number of hydrogen-bond acceptors (Lipinski definition) is 9. The number of ether oxygens (including phenoxy) is 1. The number of anilines is 1. The van der Waals surface area contributed by atoms with Gasteiger partial charge in [0, 0.05) is 6.07 Å². The number of nitrogens with zero attached hydrogens (tertiary/aromatic N) is 5. The van der Waals surface area contributed by atoms with Gasteiger partial charge in [-0.05, 0) is 0 Å². The molecule has 3 aromatic heterocycles. The molecule has 0 unspecified atom stereocenters. The van der Waals surface area contributed by atoms with Gasteiger partial charge in [-0.2, -0.15) is 22.0 Å². The van der Waals surface area contributed by atoms with Crippen LogP contribution in [0.2, 0.25) is 0 Å². The molecule has 0 saturated heterocycles. The Morgan fingerprint density at radius 2 is 1.97 bits per heavy atom. The summed E-state index contributed by atoms with van der Waals surface area (Å²) in [6.07, 6.45) is -0.713. The second-order valence-electron chi connectivity index (χ2n) is 5.56. The van der Waals surface area contributed by atoms with Gasteiger partial charge in [0.05, 0.1) is 37.1 Å². The van der Waals surface area contributed by atoms with E-state index >= 15 is 0 Å². The molecule has 3 rings (SSSR count). The molecule has 3 aromatic rings. The molecule has 0 fully saturated rings. The van der Waals surface area contributed by atoms with Crippen molar-refractivity contribution in [1.29, 1.82) is 0 Å². The number of halogens is 5. The Labute approximate surface area is 169 Å². The van der Waals surface area contributed by atoms with Crippen LogP contribution in [0.15, 0.2) is 29.1 Å². The highest BCUT2D eigenvalue weighted by Gasteiger charge is 2.38. The molecule has 0 aliphatic heterocycles. The maximum absolute atomic E-state index is 12.6. The van der Waals surface area contributed by atoms with Crippen molar-refractivity contribution in [2.45, 2.75) is 19.3 Å². The van der Waals surface area contributed by atoms with E-state index in [-0.39, 0.29) is 27.9 Å². The third kappa shape index (κ3) is 5.18. The summed E-state index contributed by atoms with van der Waals surface area (Å²) in [6, 6.07) is 1.04. The minimum Gasteiger partial charge on any atom is -0.433 e. The van der Waals surface area contributed by atoms with Crippen LogP contribution in [0.25, 0.3) is 10.8 Å². The minimum absolute atomic E-state index is 0.0781. The van der Waals surface area contributed by atoms with Gasteiger partial charge in [-0.1, -0.05) is 0 Å². The lowest BCUT2D eigenvalue weighted by atomic mass is 10.4. The Bertz CT molecular complexity index is 1130. The molecule has 162 valence electrons. The smallest absolute Gasteiger partial charge is 0.433 e. The topological polar surface area (TPSA) is 111 Å². The summed E-state index contributed by atoms with van der Waals surface area (Å²) in [4.78, 5) is 7.69. The van der Waals surface area contributed by atoms with Gasteiger partial charge in [0.15, 0.2) is 0 Å². The van der Waals surface area contributed by atoms with E-state index in [1.165, 1.54) is 0 Å². The van der Waals surface area contributed by atoms with Crippen molar-refractivity contribution in [2.75, 3.05) is 10.6 Å². The zero-order chi connectivity index (χ0) is 22.1. The van der Waals surface area contributed by atoms with E-state index < -0.39 is 34.6 Å². The van der Waals surface area contributed by atoms with Gasteiger partial charge >= 0.3 is 18.7 Å². The van der Waals surface area contributed by atoms with Crippen molar-refractivity contribution in [3.05, 3.63) is 35.6 Å². The lowest BCUT2D eigenvalue weighted by Gasteiger charge is -2.21. The minimum atomic E-state index is -4.82. The number of hydrogen-bond donors (Lipinski definition) is 0. The van der Waals surface area contributed by atoms with Crippen LogP contribution in [0.5, 0.6) is 5.75 Å². The highest BCUT2D eigenvalue weighted by Crippen LogP contribution is 2.33. The molecule has 30 heavy (non-hydrogen) atoms. The van der Waals surface area contributed by atoms with Gasteiger partial charge in [0.2, 0.25) is 10.0 Å². The molecule has 0 amide bonds. The maximum atomic E-state index is 12.6. The SMILES string of the molecule is CS(=O)(=O)N(Cc1ncc(-c2nnc(C(F)(F)F)o2)s1)c1cncc(OC(F)F)c1. The van der Waals surface area contributed by atoms with Gasteiger partial charge in [-0.25, -0.2) is 13.4 Å². The quantitative estimate of drug-likeness (QED) is 0.483. The first-order chi connectivity index (χ1) is 13.9. The molecule has 3 heterocycles. The Hall–Kier alpha value is -2.88. The van der Waals surface area contributed by atoms with Crippen LogP contribution in [-0.4, -0.2) is 41.5 Å². The lowest BCUT2D eigenvalue weighted by molar-refractivity contribution is -0.156. The lowest BCUT2D eigenvalue weighted by Crippen LogP contribution is -2.29. The van der Waals surface area contributed by atoms with Crippen LogP contribution in [0.1, 0.15) is 10.9 Å². The van der Waals surface area contributed by atoms with Crippen LogP contribution < -0.4 is 9.04 Å². The second kappa shape index (κ2) is 8.10. The average Bonchev–Trinajstić information content (AvgIpc) is 3.27. The Kier molecular flexibility index (Phi) is 5.89. The summed E-state index contributed by atoms with van der Waals surface area (Å²) in [5.74, 6) is -2.33. The fraction of sp³-hybridized carbons (Fsp3) is 0.286. The molecule has 0 saturated carbocycles. The van der Waals surface area contributed by atoms with Crippen LogP contribution in [0, 0.1) is 0 Å². The van der Waals surface area contributed by atoms with Gasteiger partial charge in [-0.3, -0.25) is 9.29 Å². The van der Waals surface area contributed by atoms with Gasteiger partial charge in [0.1, 0.15) is 15.6 Å². The fourth-order valence-electron chi connectivity index (χ4n) is 2.15. The van der Waals surface area contributed by atoms with E-state index in [4.69, 9.17) is 0 Å². The predicted molar refractivity (Wildman–Crippen MR) is 92.3 cm³/mol. The van der Waals surface area contributed by atoms with Gasteiger partial charge in [-0.15, -0.1) is 21.5 Å². The van der Waals surface area contributed by atoms with Gasteiger partial charge in [0.25, 0.3) is 5.89 Å². The first-order valence-corrected chi connectivity index (χ1v) is 10.3. The van der Waals surface area contributed by atoms with Crippen LogP contribution in [0.3, 0.4) is 0 Å². The van der Waals surface area contributed by atoms with Crippen LogP contribution in [-0.2, 0) is 22.7 Å². The summed E-state index contributed by atoms with van der Waals surface area (Å²) in [5, 5.41) is 6.35. The van der Waals surface area contributed by atoms with Crippen LogP contribution >= 0.6 is 11.3 Å². The molecular formula is C14H10F5N5O4S2. The fourth-order valence-corrected chi connectivity index (χ4v) is 3.90. The summed E-state index contributed by atoms with van der Waals surface area (Å²) in [6.45, 7) is -3.49. The first kappa shape index (κ1) is 21.8. The van der Waals surface area contributed by atoms with E-state index in [1.807, 2.05) is 0 Å². The van der Waals surface area contributed by atoms with E-state index in [1.54, 1.807) is 0 Å². The van der Waals surface area contributed by atoms with Crippen LogP contribution in [0.4, 0.5) is 27.6 Å². The van der Waals surface area contributed by atoms with Crippen molar-refractivity contribution in [1.82, 2.24) is 20.2 Å². The number of thiazole rings is 1. The van der Waals surface area contributed by atoms with Gasteiger partial charge < -0.3 is 9.15 Å². The molecule has 0 atom stereocenters. The maximum Gasteiger partial charge on any atom is 0.470 e. The van der Waals surface area contributed by atoms with Crippen molar-refractivity contribution >= 4 is 27.0 Å². The first-order valence-electron chi connectivity index (χ1n) is 7.67. The standard InChI is InChI=1S/C14H10F5N5O4S2/c1-30(25,26)24(7-2-8(4-20-3-7)27-13(15)16)6-10-21-5-9(29-10)11-22-23-12(28-11)14(17,18)19/h2-5,13H,6H2,1H3. The molecule has 0 bridgehead atoms. The van der Waals surface area contributed by atoms with E-state index in [2.05, 4.69) is 29.3 Å². The van der Waals surface area contributed by atoms with Crippen molar-refractivity contribution < 1.29 is 39.5 Å². The Morgan fingerprint density at radius 1 is 1.23 bits per heavy atom. The number of sulfonamides is 1.